The van der Waals surface area contributed by atoms with Gasteiger partial charge in [-0.1, -0.05) is 60.7 Å². The van der Waals surface area contributed by atoms with E-state index in [0.29, 0.717) is 6.42 Å². The monoisotopic (exact) mass is 294 g/mol. The molecule has 2 aromatic rings. The smallest absolute Gasteiger partial charge is 0.169 e. The third-order valence-corrected chi connectivity index (χ3v) is 4.68. The number of nitrogens with one attached hydrogen (secondary N) is 1. The van der Waals surface area contributed by atoms with Crippen LogP contribution in [0.3, 0.4) is 0 Å². The van der Waals surface area contributed by atoms with Crippen LogP contribution in [0.1, 0.15) is 47.6 Å². The van der Waals surface area contributed by atoms with Gasteiger partial charge in [-0.15, -0.1) is 0 Å². The Bertz CT molecular complexity index is 588. The van der Waals surface area contributed by atoms with Gasteiger partial charge in [0, 0.05) is 11.1 Å². The molecule has 2 aromatic carbocycles. The zero-order valence-electron chi connectivity index (χ0n) is 13.0. The first kappa shape index (κ1) is 15.0. The highest BCUT2D eigenvalue weighted by atomic mass is 16.1. The molecular formula is C20H24NO+. The summed E-state index contributed by atoms with van der Waals surface area (Å²) >= 11 is 0. The topological polar surface area (TPSA) is 21.5 Å². The summed E-state index contributed by atoms with van der Waals surface area (Å²) in [6, 6.07) is 20.5. The Morgan fingerprint density at radius 2 is 1.45 bits per heavy atom. The summed E-state index contributed by atoms with van der Waals surface area (Å²) in [6.45, 7) is 2.36. The molecule has 0 unspecified atom stereocenters. The van der Waals surface area contributed by atoms with Crippen LogP contribution in [0.4, 0.5) is 0 Å². The van der Waals surface area contributed by atoms with E-state index < -0.39 is 0 Å². The van der Waals surface area contributed by atoms with Crippen LogP contribution >= 0.6 is 0 Å². The number of carbonyl (C=O) groups excluding carboxylic acids is 1. The lowest BCUT2D eigenvalue weighted by atomic mass is 9.95. The van der Waals surface area contributed by atoms with Crippen molar-refractivity contribution in [3.8, 4) is 0 Å². The number of hydrogen-bond donors (Lipinski definition) is 1. The lowest BCUT2D eigenvalue weighted by Crippen LogP contribution is -3.13. The first-order chi connectivity index (χ1) is 10.8. The molecular weight excluding hydrogens is 270 g/mol. The van der Waals surface area contributed by atoms with E-state index in [2.05, 4.69) is 24.3 Å². The quantitative estimate of drug-likeness (QED) is 0.841. The molecule has 0 radical (unpaired) electrons. The predicted molar refractivity (Wildman–Crippen MR) is 89.1 cm³/mol. The summed E-state index contributed by atoms with van der Waals surface area (Å²) in [7, 11) is 0. The zero-order chi connectivity index (χ0) is 15.2. The van der Waals surface area contributed by atoms with Crippen molar-refractivity contribution in [1.82, 2.24) is 0 Å². The number of hydrogen-bond acceptors (Lipinski definition) is 1. The Hall–Kier alpha value is -1.93. The van der Waals surface area contributed by atoms with E-state index in [9.17, 15) is 4.79 Å². The van der Waals surface area contributed by atoms with E-state index in [1.807, 2.05) is 36.4 Å². The predicted octanol–water partition coefficient (Wildman–Crippen LogP) is 3.07. The maximum absolute atomic E-state index is 12.7. The molecule has 0 aromatic heterocycles. The molecule has 1 N–H and O–H groups in total. The van der Waals surface area contributed by atoms with Crippen molar-refractivity contribution < 1.29 is 9.69 Å². The van der Waals surface area contributed by atoms with E-state index >= 15 is 0 Å². The summed E-state index contributed by atoms with van der Waals surface area (Å²) in [5, 5.41) is 0. The molecule has 2 heteroatoms. The standard InChI is InChI=1S/C20H23NO/c22-20(18-12-6-2-7-13-18)16-19(17-10-4-1-5-11-17)21-14-8-3-9-15-21/h1-2,4-7,10-13,19H,3,8-9,14-16H2/p+1/t19-/m0/s1. The third-order valence-electron chi connectivity index (χ3n) is 4.68. The van der Waals surface area contributed by atoms with Crippen LogP contribution in [0.2, 0.25) is 0 Å². The summed E-state index contributed by atoms with van der Waals surface area (Å²) in [5.74, 6) is 0.257. The average molecular weight is 294 g/mol. The van der Waals surface area contributed by atoms with Crippen molar-refractivity contribution in [1.29, 1.82) is 0 Å². The highest BCUT2D eigenvalue weighted by Gasteiger charge is 2.28. The fourth-order valence-electron chi connectivity index (χ4n) is 3.46. The van der Waals surface area contributed by atoms with Gasteiger partial charge >= 0.3 is 0 Å². The van der Waals surface area contributed by atoms with Crippen molar-refractivity contribution >= 4 is 5.78 Å². The van der Waals surface area contributed by atoms with E-state index in [-0.39, 0.29) is 11.8 Å². The lowest BCUT2D eigenvalue weighted by molar-refractivity contribution is -0.935. The Balaban J connectivity index is 1.81. The molecule has 1 aliphatic heterocycles. The zero-order valence-corrected chi connectivity index (χ0v) is 13.0. The molecule has 2 nitrogen and oxygen atoms in total. The molecule has 22 heavy (non-hydrogen) atoms. The van der Waals surface area contributed by atoms with E-state index in [1.54, 1.807) is 4.90 Å². The van der Waals surface area contributed by atoms with Gasteiger partial charge in [0.05, 0.1) is 19.5 Å². The number of benzene rings is 2. The average Bonchev–Trinajstić information content (AvgIpc) is 2.62. The fraction of sp³-hybridized carbons (Fsp3) is 0.350. The van der Waals surface area contributed by atoms with Crippen LogP contribution < -0.4 is 4.90 Å². The first-order valence-electron chi connectivity index (χ1n) is 8.32. The van der Waals surface area contributed by atoms with Crippen LogP contribution in [0, 0.1) is 0 Å². The maximum Gasteiger partial charge on any atom is 0.169 e. The molecule has 1 atom stereocenters. The van der Waals surface area contributed by atoms with Crippen LogP contribution in [0.25, 0.3) is 0 Å². The molecule has 1 heterocycles. The Kier molecular flexibility index (Phi) is 5.02. The molecule has 1 saturated heterocycles. The van der Waals surface area contributed by atoms with Gasteiger partial charge in [0.25, 0.3) is 0 Å². The number of Topliss-reactive ketones (excluding diaryl/α,β-unsaturated/α-hetero) is 1. The molecule has 1 fully saturated rings. The van der Waals surface area contributed by atoms with Gasteiger partial charge in [-0.3, -0.25) is 4.79 Å². The minimum absolute atomic E-state index is 0.257. The summed E-state index contributed by atoms with van der Waals surface area (Å²) < 4.78 is 0. The SMILES string of the molecule is O=C(C[C@@H](c1ccccc1)[NH+]1CCCCC1)c1ccccc1. The molecule has 0 spiro atoms. The molecule has 0 aliphatic carbocycles. The van der Waals surface area contributed by atoms with Crippen molar-refractivity contribution in [2.45, 2.75) is 31.7 Å². The Labute approximate surface area is 132 Å². The Morgan fingerprint density at radius 1 is 0.864 bits per heavy atom. The highest BCUT2D eigenvalue weighted by molar-refractivity contribution is 5.96. The van der Waals surface area contributed by atoms with Crippen molar-refractivity contribution in [2.75, 3.05) is 13.1 Å². The number of piperidine rings is 1. The van der Waals surface area contributed by atoms with Crippen LogP contribution in [-0.2, 0) is 0 Å². The van der Waals surface area contributed by atoms with Crippen molar-refractivity contribution in [3.05, 3.63) is 71.8 Å². The largest absolute Gasteiger partial charge is 0.328 e. The summed E-state index contributed by atoms with van der Waals surface area (Å²) in [5.41, 5.74) is 2.13. The van der Waals surface area contributed by atoms with Crippen molar-refractivity contribution in [3.63, 3.8) is 0 Å². The fourth-order valence-corrected chi connectivity index (χ4v) is 3.46. The minimum atomic E-state index is 0.257. The van der Waals surface area contributed by atoms with Gasteiger partial charge in [0.2, 0.25) is 0 Å². The van der Waals surface area contributed by atoms with Crippen LogP contribution in [0.15, 0.2) is 60.7 Å². The minimum Gasteiger partial charge on any atom is -0.328 e. The van der Waals surface area contributed by atoms with E-state index in [1.165, 1.54) is 37.9 Å². The van der Waals surface area contributed by atoms with E-state index in [0.717, 1.165) is 5.56 Å². The maximum atomic E-state index is 12.7. The summed E-state index contributed by atoms with van der Waals surface area (Å²) in [6.07, 6.45) is 4.48. The Morgan fingerprint density at radius 3 is 2.09 bits per heavy atom. The highest BCUT2D eigenvalue weighted by Crippen LogP contribution is 2.18. The third kappa shape index (κ3) is 3.63. The van der Waals surface area contributed by atoms with Gasteiger partial charge in [-0.05, 0) is 19.3 Å². The first-order valence-corrected chi connectivity index (χ1v) is 8.32. The molecule has 114 valence electrons. The van der Waals surface area contributed by atoms with Crippen molar-refractivity contribution in [2.24, 2.45) is 0 Å². The molecule has 3 rings (SSSR count). The molecule has 0 saturated carbocycles. The van der Waals surface area contributed by atoms with Crippen LogP contribution in [0.5, 0.6) is 0 Å². The number of likely N-dealkylation sites (tertiary alicyclic amines) is 1. The van der Waals surface area contributed by atoms with Gasteiger partial charge in [0.15, 0.2) is 5.78 Å². The second kappa shape index (κ2) is 7.37. The number of carbonyl (C=O) groups is 1. The molecule has 0 amide bonds. The molecule has 0 bridgehead atoms. The van der Waals surface area contributed by atoms with Gasteiger partial charge in [0.1, 0.15) is 6.04 Å². The lowest BCUT2D eigenvalue weighted by Gasteiger charge is -2.31. The second-order valence-corrected chi connectivity index (χ2v) is 6.18. The van der Waals surface area contributed by atoms with Gasteiger partial charge in [-0.2, -0.15) is 0 Å². The number of ketones is 1. The van der Waals surface area contributed by atoms with Crippen LogP contribution in [-0.4, -0.2) is 18.9 Å². The molecule has 1 aliphatic rings. The number of rotatable bonds is 5. The number of quaternary nitrogens is 1. The summed E-state index contributed by atoms with van der Waals surface area (Å²) in [4.78, 5) is 14.2. The van der Waals surface area contributed by atoms with Gasteiger partial charge < -0.3 is 4.90 Å². The normalized spacial score (nSPS) is 17.1. The van der Waals surface area contributed by atoms with E-state index in [4.69, 9.17) is 0 Å². The second-order valence-electron chi connectivity index (χ2n) is 6.18. The van der Waals surface area contributed by atoms with Gasteiger partial charge in [-0.25, -0.2) is 0 Å².